The molecule has 0 N–H and O–H groups in total. The Morgan fingerprint density at radius 2 is 2.10 bits per heavy atom. The SMILES string of the molecule is CCOC(=O)Cc1cnc(C(F)F)c(C#N)c1C(F)(F)F. The first-order valence-corrected chi connectivity index (χ1v) is 5.65. The Labute approximate surface area is 116 Å². The van der Waals surface area contributed by atoms with Crippen molar-refractivity contribution in [1.29, 1.82) is 5.26 Å². The van der Waals surface area contributed by atoms with Crippen molar-refractivity contribution in [3.63, 3.8) is 0 Å². The first kappa shape index (κ1) is 16.8. The number of nitrogens with zero attached hydrogens (tertiary/aromatic N) is 2. The molecule has 1 rings (SSSR count). The van der Waals surface area contributed by atoms with Gasteiger partial charge in [0.1, 0.15) is 11.8 Å². The summed E-state index contributed by atoms with van der Waals surface area (Å²) in [6.07, 6.45) is -8.70. The lowest BCUT2D eigenvalue weighted by Gasteiger charge is -2.15. The molecule has 21 heavy (non-hydrogen) atoms. The number of carbonyl (C=O) groups excluding carboxylic acids is 1. The Balaban J connectivity index is 3.46. The number of aromatic nitrogens is 1. The lowest BCUT2D eigenvalue weighted by molar-refractivity contribution is -0.143. The fraction of sp³-hybridized carbons (Fsp3) is 0.417. The topological polar surface area (TPSA) is 63.0 Å². The Bertz CT molecular complexity index is 578. The van der Waals surface area contributed by atoms with Crippen molar-refractivity contribution in [1.82, 2.24) is 4.98 Å². The molecule has 0 bridgehead atoms. The van der Waals surface area contributed by atoms with E-state index in [1.165, 1.54) is 6.92 Å². The van der Waals surface area contributed by atoms with Crippen molar-refractivity contribution in [2.24, 2.45) is 0 Å². The molecule has 1 heterocycles. The zero-order valence-electron chi connectivity index (χ0n) is 10.7. The van der Waals surface area contributed by atoms with Gasteiger partial charge in [-0.15, -0.1) is 0 Å². The summed E-state index contributed by atoms with van der Waals surface area (Å²) < 4.78 is 68.7. The first-order chi connectivity index (χ1) is 9.72. The molecule has 0 aromatic carbocycles. The van der Waals surface area contributed by atoms with E-state index in [1.54, 1.807) is 0 Å². The highest BCUT2D eigenvalue weighted by atomic mass is 19.4. The fourth-order valence-electron chi connectivity index (χ4n) is 1.67. The van der Waals surface area contributed by atoms with Crippen LogP contribution in [0.4, 0.5) is 22.0 Å². The van der Waals surface area contributed by atoms with Gasteiger partial charge in [0.05, 0.1) is 24.2 Å². The highest BCUT2D eigenvalue weighted by Gasteiger charge is 2.39. The third-order valence-electron chi connectivity index (χ3n) is 2.43. The number of rotatable bonds is 4. The zero-order valence-corrected chi connectivity index (χ0v) is 10.7. The average molecular weight is 308 g/mol. The van der Waals surface area contributed by atoms with Gasteiger partial charge >= 0.3 is 12.1 Å². The Hall–Kier alpha value is -2.24. The smallest absolute Gasteiger partial charge is 0.418 e. The number of esters is 1. The highest BCUT2D eigenvalue weighted by molar-refractivity contribution is 5.73. The van der Waals surface area contributed by atoms with Crippen LogP contribution in [0.25, 0.3) is 0 Å². The van der Waals surface area contributed by atoms with Gasteiger partial charge in [-0.2, -0.15) is 18.4 Å². The molecule has 0 saturated heterocycles. The zero-order chi connectivity index (χ0) is 16.2. The van der Waals surface area contributed by atoms with Crippen LogP contribution in [0.2, 0.25) is 0 Å². The standard InChI is InChI=1S/C12H9F5N2O2/c1-2-21-8(20)3-6-5-19-10(11(13)14)7(4-18)9(6)12(15,16)17/h5,11H,2-3H2,1H3. The molecule has 0 aliphatic rings. The maximum absolute atomic E-state index is 13.0. The van der Waals surface area contributed by atoms with Gasteiger partial charge in [0.2, 0.25) is 0 Å². The largest absolute Gasteiger partial charge is 0.466 e. The van der Waals surface area contributed by atoms with Gasteiger partial charge in [0.15, 0.2) is 0 Å². The number of pyridine rings is 1. The van der Waals surface area contributed by atoms with Crippen molar-refractivity contribution < 1.29 is 31.5 Å². The Morgan fingerprint density at radius 1 is 1.48 bits per heavy atom. The highest BCUT2D eigenvalue weighted by Crippen LogP contribution is 2.37. The molecule has 0 atom stereocenters. The van der Waals surface area contributed by atoms with Crippen LogP contribution in [0.3, 0.4) is 0 Å². The van der Waals surface area contributed by atoms with E-state index < -0.39 is 47.4 Å². The van der Waals surface area contributed by atoms with E-state index in [2.05, 4.69) is 9.72 Å². The number of halogens is 5. The second-order valence-corrected chi connectivity index (χ2v) is 3.81. The molecule has 1 aromatic rings. The summed E-state index contributed by atoms with van der Waals surface area (Å²) in [5, 5.41) is 8.73. The van der Waals surface area contributed by atoms with Crippen LogP contribution >= 0.6 is 0 Å². The summed E-state index contributed by atoms with van der Waals surface area (Å²) in [6, 6.07) is 1.08. The molecule has 0 saturated carbocycles. The summed E-state index contributed by atoms with van der Waals surface area (Å²) in [6.45, 7) is 1.41. The average Bonchev–Trinajstić information content (AvgIpc) is 2.36. The maximum Gasteiger partial charge on any atom is 0.418 e. The number of nitriles is 1. The van der Waals surface area contributed by atoms with Gasteiger partial charge in [-0.25, -0.2) is 8.78 Å². The van der Waals surface area contributed by atoms with Crippen molar-refractivity contribution >= 4 is 5.97 Å². The molecule has 1 aromatic heterocycles. The molecule has 0 spiro atoms. The fourth-order valence-corrected chi connectivity index (χ4v) is 1.67. The van der Waals surface area contributed by atoms with Crippen LogP contribution in [0.15, 0.2) is 6.20 Å². The summed E-state index contributed by atoms with van der Waals surface area (Å²) in [4.78, 5) is 14.4. The van der Waals surface area contributed by atoms with E-state index in [1.807, 2.05) is 0 Å². The predicted octanol–water partition coefficient (Wildman–Crippen LogP) is 3.02. The minimum atomic E-state index is -5.07. The monoisotopic (exact) mass is 308 g/mol. The van der Waals surface area contributed by atoms with Gasteiger partial charge in [-0.05, 0) is 12.5 Å². The molecular weight excluding hydrogens is 299 g/mol. The van der Waals surface area contributed by atoms with Crippen molar-refractivity contribution in [3.05, 3.63) is 28.6 Å². The van der Waals surface area contributed by atoms with E-state index in [9.17, 15) is 26.7 Å². The normalized spacial score (nSPS) is 11.3. The summed E-state index contributed by atoms with van der Waals surface area (Å²) in [5.41, 5.74) is -4.80. The van der Waals surface area contributed by atoms with E-state index in [-0.39, 0.29) is 6.61 Å². The summed E-state index contributed by atoms with van der Waals surface area (Å²) >= 11 is 0. The summed E-state index contributed by atoms with van der Waals surface area (Å²) in [5.74, 6) is -0.974. The number of alkyl halides is 5. The van der Waals surface area contributed by atoms with Crippen LogP contribution in [0.1, 0.15) is 35.7 Å². The minimum Gasteiger partial charge on any atom is -0.466 e. The maximum atomic E-state index is 13.0. The molecule has 4 nitrogen and oxygen atoms in total. The van der Waals surface area contributed by atoms with Crippen LogP contribution in [-0.4, -0.2) is 17.6 Å². The van der Waals surface area contributed by atoms with Gasteiger partial charge in [-0.3, -0.25) is 9.78 Å². The van der Waals surface area contributed by atoms with E-state index in [4.69, 9.17) is 5.26 Å². The molecule has 0 fully saturated rings. The summed E-state index contributed by atoms with van der Waals surface area (Å²) in [7, 11) is 0. The number of hydrogen-bond acceptors (Lipinski definition) is 4. The lowest BCUT2D eigenvalue weighted by atomic mass is 9.99. The van der Waals surface area contributed by atoms with Crippen molar-refractivity contribution in [2.75, 3.05) is 6.61 Å². The van der Waals surface area contributed by atoms with Gasteiger partial charge in [-0.1, -0.05) is 0 Å². The van der Waals surface area contributed by atoms with Crippen LogP contribution in [0, 0.1) is 11.3 Å². The molecule has 0 amide bonds. The second-order valence-electron chi connectivity index (χ2n) is 3.81. The van der Waals surface area contributed by atoms with Crippen LogP contribution in [0.5, 0.6) is 0 Å². The number of ether oxygens (including phenoxy) is 1. The molecule has 0 unspecified atom stereocenters. The van der Waals surface area contributed by atoms with Crippen molar-refractivity contribution in [3.8, 4) is 6.07 Å². The number of carbonyl (C=O) groups is 1. The first-order valence-electron chi connectivity index (χ1n) is 5.65. The Kier molecular flexibility index (Phi) is 5.18. The molecule has 9 heteroatoms. The van der Waals surface area contributed by atoms with Gasteiger partial charge in [0.25, 0.3) is 6.43 Å². The van der Waals surface area contributed by atoms with Crippen LogP contribution in [-0.2, 0) is 22.1 Å². The molecule has 0 aliphatic heterocycles. The van der Waals surface area contributed by atoms with Gasteiger partial charge in [0, 0.05) is 6.20 Å². The predicted molar refractivity (Wildman–Crippen MR) is 59.2 cm³/mol. The van der Waals surface area contributed by atoms with E-state index in [0.717, 1.165) is 6.07 Å². The third kappa shape index (κ3) is 3.87. The molecular formula is C12H9F5N2O2. The van der Waals surface area contributed by atoms with E-state index >= 15 is 0 Å². The van der Waals surface area contributed by atoms with Crippen LogP contribution < -0.4 is 0 Å². The molecule has 114 valence electrons. The Morgan fingerprint density at radius 3 is 2.52 bits per heavy atom. The third-order valence-corrected chi connectivity index (χ3v) is 2.43. The minimum absolute atomic E-state index is 0.0478. The quantitative estimate of drug-likeness (QED) is 0.633. The molecule has 0 aliphatic carbocycles. The molecule has 0 radical (unpaired) electrons. The lowest BCUT2D eigenvalue weighted by Crippen LogP contribution is -2.18. The number of hydrogen-bond donors (Lipinski definition) is 0. The van der Waals surface area contributed by atoms with Gasteiger partial charge < -0.3 is 4.74 Å². The van der Waals surface area contributed by atoms with Crippen molar-refractivity contribution in [2.45, 2.75) is 25.9 Å². The second kappa shape index (κ2) is 6.47. The van der Waals surface area contributed by atoms with E-state index in [0.29, 0.717) is 6.20 Å².